The van der Waals surface area contributed by atoms with Gasteiger partial charge in [-0.05, 0) is 82.6 Å². The van der Waals surface area contributed by atoms with Gasteiger partial charge in [0, 0.05) is 31.8 Å². The number of carbonyl (C=O) groups excluding carboxylic acids is 8. The molecule has 1 aromatic rings. The first-order chi connectivity index (χ1) is 32.3. The van der Waals surface area contributed by atoms with E-state index in [0.29, 0.717) is 30.0 Å². The molecule has 21 nitrogen and oxygen atoms in total. The van der Waals surface area contributed by atoms with Crippen molar-refractivity contribution < 1.29 is 38.4 Å². The fourth-order valence-electron chi connectivity index (χ4n) is 9.48. The third kappa shape index (κ3) is 18.0. The molecule has 1 aromatic heterocycles. The predicted molar refractivity (Wildman–Crippen MR) is 258 cm³/mol. The number of hydrogen-bond acceptors (Lipinski definition) is 13. The summed E-state index contributed by atoms with van der Waals surface area (Å²) in [5, 5.41) is 10.7. The van der Waals surface area contributed by atoms with E-state index in [9.17, 15) is 33.6 Å². The molecule has 2 aliphatic carbocycles. The summed E-state index contributed by atoms with van der Waals surface area (Å²) in [6, 6.07) is -7.55. The summed E-state index contributed by atoms with van der Waals surface area (Å²) in [6.07, 6.45) is 13.8. The molecule has 0 radical (unpaired) electrons. The Morgan fingerprint density at radius 1 is 0.794 bits per heavy atom. The molecule has 15 N–H and O–H groups in total. The van der Waals surface area contributed by atoms with Crippen LogP contribution in [0.5, 0.6) is 0 Å². The number of hydrogen-bond donors (Lipinski definition) is 10. The number of nitrogens with two attached hydrogens (primary N) is 5. The number of nitrogens with zero attached hydrogens (tertiary/aromatic N) is 3. The molecule has 0 spiro atoms. The first-order valence-corrected chi connectivity index (χ1v) is 24.6. The highest BCUT2D eigenvalue weighted by Crippen LogP contribution is 2.32. The number of carbonyl (C=O) groups is 8. The van der Waals surface area contributed by atoms with Crippen molar-refractivity contribution >= 4 is 53.5 Å². The van der Waals surface area contributed by atoms with E-state index in [2.05, 4.69) is 36.2 Å². The number of aldehydes is 1. The maximum Gasteiger partial charge on any atom is 0.252 e. The SMILES string of the molecule is CC(=O)N[C@@H](Cc1cnc[nH]1)C(=O)N[C@@H](CCCCN)C(=O)N[C@@H](CC(C)C)C(=O)N[C@@H](C)C(=O)N(C(=O)[C@@H](N)CC1CCCCC1)[C@](C=O)(CCCN=C(N)N)C(=O)[C@@H](N)CC1CCCCC1. The Morgan fingerprint density at radius 2 is 1.37 bits per heavy atom. The lowest BCUT2D eigenvalue weighted by Crippen LogP contribution is -2.69. The van der Waals surface area contributed by atoms with E-state index in [1.807, 2.05) is 13.8 Å². The van der Waals surface area contributed by atoms with E-state index in [1.54, 1.807) is 0 Å². The lowest BCUT2D eigenvalue weighted by molar-refractivity contribution is -0.163. The Labute approximate surface area is 401 Å². The third-order valence-electron chi connectivity index (χ3n) is 13.1. The van der Waals surface area contributed by atoms with Crippen molar-refractivity contribution in [3.63, 3.8) is 0 Å². The molecule has 382 valence electrons. The Hall–Kier alpha value is -5.28. The zero-order valence-corrected chi connectivity index (χ0v) is 40.8. The van der Waals surface area contributed by atoms with Crippen LogP contribution in [0.15, 0.2) is 17.5 Å². The second-order valence-corrected chi connectivity index (χ2v) is 19.3. The van der Waals surface area contributed by atoms with Gasteiger partial charge in [-0.2, -0.15) is 0 Å². The van der Waals surface area contributed by atoms with Gasteiger partial charge in [0.15, 0.2) is 23.6 Å². The summed E-state index contributed by atoms with van der Waals surface area (Å²) in [4.78, 5) is 124. The van der Waals surface area contributed by atoms with Crippen LogP contribution in [0.3, 0.4) is 0 Å². The Morgan fingerprint density at radius 3 is 1.90 bits per heavy atom. The van der Waals surface area contributed by atoms with E-state index in [0.717, 1.165) is 64.2 Å². The molecule has 68 heavy (non-hydrogen) atoms. The van der Waals surface area contributed by atoms with Crippen LogP contribution in [0, 0.1) is 17.8 Å². The number of rotatable bonds is 29. The van der Waals surface area contributed by atoms with Gasteiger partial charge >= 0.3 is 0 Å². The van der Waals surface area contributed by atoms with E-state index in [1.165, 1.54) is 26.4 Å². The number of nitrogens with one attached hydrogen (secondary N) is 5. The molecule has 2 aliphatic rings. The van der Waals surface area contributed by atoms with Crippen molar-refractivity contribution in [3.8, 4) is 0 Å². The van der Waals surface area contributed by atoms with Gasteiger partial charge < -0.3 is 59.7 Å². The summed E-state index contributed by atoms with van der Waals surface area (Å²) in [7, 11) is 0. The number of aromatic amines is 1. The molecule has 0 aliphatic heterocycles. The van der Waals surface area contributed by atoms with Gasteiger partial charge in [0.05, 0.1) is 18.4 Å². The summed E-state index contributed by atoms with van der Waals surface area (Å²) < 4.78 is 0. The van der Waals surface area contributed by atoms with Crippen molar-refractivity contribution in [1.82, 2.24) is 36.1 Å². The summed E-state index contributed by atoms with van der Waals surface area (Å²) >= 11 is 0. The highest BCUT2D eigenvalue weighted by atomic mass is 16.2. The zero-order chi connectivity index (χ0) is 50.4. The van der Waals surface area contributed by atoms with Gasteiger partial charge in [-0.1, -0.05) is 78.1 Å². The number of H-pyrrole nitrogens is 1. The standard InChI is InChI=1S/C47H81N13O8/c1-29(2)22-38(59-41(64)37(18-11-12-20-48)58-43(66)39(57-31(4)62)25-34-26-53-28-55-34)42(65)56-30(3)44(67)60(45(68)36(50)24-33-16-9-6-10-17-33)47(27-61,19-13-21-54-46(51)52)40(63)35(49)23-32-14-7-5-8-15-32/h26-30,32-33,35-39H,5-25,48-50H2,1-4H3,(H,53,55)(H,56,65)(H,57,62)(H,58,66)(H,59,64)(H4,51,52,54)/t30-,35-,36-,37-,38-,39-,47-/m0/s1. The van der Waals surface area contributed by atoms with Crippen LogP contribution >= 0.6 is 0 Å². The molecule has 7 atom stereocenters. The number of guanidine groups is 1. The van der Waals surface area contributed by atoms with Crippen molar-refractivity contribution in [3.05, 3.63) is 18.2 Å². The van der Waals surface area contributed by atoms with Crippen LogP contribution in [-0.2, 0) is 44.8 Å². The molecule has 1 heterocycles. The Kier molecular flexibility index (Phi) is 24.3. The van der Waals surface area contributed by atoms with Gasteiger partial charge in [-0.15, -0.1) is 0 Å². The maximum absolute atomic E-state index is 15.0. The molecule has 21 heteroatoms. The third-order valence-corrected chi connectivity index (χ3v) is 13.1. The molecule has 0 saturated heterocycles. The number of imidazole rings is 1. The largest absolute Gasteiger partial charge is 0.370 e. The number of aliphatic imine (C=N–C) groups is 1. The van der Waals surface area contributed by atoms with Crippen LogP contribution < -0.4 is 49.9 Å². The molecule has 0 bridgehead atoms. The number of unbranched alkanes of at least 4 members (excludes halogenated alkanes) is 1. The minimum Gasteiger partial charge on any atom is -0.370 e. The van der Waals surface area contributed by atoms with Gasteiger partial charge in [0.1, 0.15) is 24.2 Å². The van der Waals surface area contributed by atoms with Crippen molar-refractivity contribution in [1.29, 1.82) is 0 Å². The fourth-order valence-corrected chi connectivity index (χ4v) is 9.48. The minimum atomic E-state index is -2.43. The second kappa shape index (κ2) is 28.9. The fraction of sp³-hybridized carbons (Fsp3) is 0.745. The van der Waals surface area contributed by atoms with Gasteiger partial charge in [-0.25, -0.2) is 4.98 Å². The van der Waals surface area contributed by atoms with Crippen molar-refractivity contribution in [2.45, 2.75) is 191 Å². The maximum atomic E-state index is 15.0. The summed E-state index contributed by atoms with van der Waals surface area (Å²) in [5.74, 6) is -5.72. The van der Waals surface area contributed by atoms with E-state index < -0.39 is 83.0 Å². The van der Waals surface area contributed by atoms with Crippen LogP contribution in [-0.4, -0.2) is 123 Å². The molecule has 3 rings (SSSR count). The first-order valence-electron chi connectivity index (χ1n) is 24.6. The van der Waals surface area contributed by atoms with E-state index in [-0.39, 0.29) is 81.5 Å². The normalized spacial score (nSPS) is 18.1. The summed E-state index contributed by atoms with van der Waals surface area (Å²) in [5.41, 5.74) is 28.4. The molecule has 6 amide bonds. The Bertz CT molecular complexity index is 1830. The quantitative estimate of drug-likeness (QED) is 0.0173. The number of amides is 6. The van der Waals surface area contributed by atoms with Gasteiger partial charge in [0.2, 0.25) is 29.5 Å². The Balaban J connectivity index is 2.00. The topological polar surface area (TPSA) is 359 Å². The second-order valence-electron chi connectivity index (χ2n) is 19.3. The molecular formula is C47H81N13O8. The number of ketones is 1. The lowest BCUT2D eigenvalue weighted by atomic mass is 9.78. The lowest BCUT2D eigenvalue weighted by Gasteiger charge is -2.42. The van der Waals surface area contributed by atoms with Crippen LogP contribution in [0.2, 0.25) is 0 Å². The van der Waals surface area contributed by atoms with Crippen LogP contribution in [0.1, 0.15) is 149 Å². The average Bonchev–Trinajstić information content (AvgIpc) is 3.82. The number of Topliss-reactive ketones (excluding diaryl/α,β-unsaturated/α-hetero) is 1. The predicted octanol–water partition coefficient (Wildman–Crippen LogP) is 0.617. The molecule has 2 fully saturated rings. The molecule has 2 saturated carbocycles. The number of aromatic nitrogens is 2. The highest BCUT2D eigenvalue weighted by molar-refractivity contribution is 6.15. The molecule has 0 aromatic carbocycles. The van der Waals surface area contributed by atoms with E-state index >= 15 is 4.79 Å². The zero-order valence-electron chi connectivity index (χ0n) is 40.8. The molecular weight excluding hydrogens is 875 g/mol. The van der Waals surface area contributed by atoms with Crippen molar-refractivity contribution in [2.75, 3.05) is 13.1 Å². The smallest absolute Gasteiger partial charge is 0.252 e. The highest BCUT2D eigenvalue weighted by Gasteiger charge is 2.53. The minimum absolute atomic E-state index is 0.00556. The first kappa shape index (κ1) is 57.0. The molecule has 0 unspecified atom stereocenters. The number of imide groups is 1. The van der Waals surface area contributed by atoms with Crippen molar-refractivity contribution in [2.24, 2.45) is 51.4 Å². The average molecular weight is 956 g/mol. The summed E-state index contributed by atoms with van der Waals surface area (Å²) in [6.45, 7) is 6.52. The van der Waals surface area contributed by atoms with Gasteiger partial charge in [0.25, 0.3) is 5.91 Å². The van der Waals surface area contributed by atoms with Crippen LogP contribution in [0.25, 0.3) is 0 Å². The van der Waals surface area contributed by atoms with Gasteiger partial charge in [-0.3, -0.25) is 43.5 Å². The van der Waals surface area contributed by atoms with E-state index in [4.69, 9.17) is 28.7 Å². The monoisotopic (exact) mass is 956 g/mol. The van der Waals surface area contributed by atoms with Crippen LogP contribution in [0.4, 0.5) is 0 Å².